The Morgan fingerprint density at radius 3 is 2.74 bits per heavy atom. The molecule has 2 aromatic carbocycles. The quantitative estimate of drug-likeness (QED) is 0.590. The number of fused-ring (bicyclic) bond motifs is 1. The number of hydrogen-bond donors (Lipinski definition) is 1. The van der Waals surface area contributed by atoms with Crippen molar-refractivity contribution in [1.29, 1.82) is 0 Å². The van der Waals surface area contributed by atoms with Crippen molar-refractivity contribution in [3.8, 4) is 11.4 Å². The number of benzene rings is 2. The van der Waals surface area contributed by atoms with E-state index in [4.69, 9.17) is 5.11 Å². The molecule has 0 aliphatic carbocycles. The number of aromatic nitrogens is 2. The van der Waals surface area contributed by atoms with Crippen molar-refractivity contribution in [3.05, 3.63) is 58.1 Å². The van der Waals surface area contributed by atoms with Crippen molar-refractivity contribution in [2.75, 3.05) is 0 Å². The number of imidazole rings is 1. The third-order valence-electron chi connectivity index (χ3n) is 3.61. The van der Waals surface area contributed by atoms with Crippen molar-refractivity contribution >= 4 is 22.7 Å². The van der Waals surface area contributed by atoms with Crippen molar-refractivity contribution in [3.63, 3.8) is 0 Å². The monoisotopic (exact) mass is 311 g/mol. The minimum Gasteiger partial charge on any atom is -0.480 e. The lowest BCUT2D eigenvalue weighted by atomic mass is 10.1. The van der Waals surface area contributed by atoms with Gasteiger partial charge in [-0.25, -0.2) is 4.98 Å². The number of carboxylic acid groups (broad SMARTS) is 1. The first-order valence-electron chi connectivity index (χ1n) is 6.90. The van der Waals surface area contributed by atoms with E-state index in [1.807, 2.05) is 6.07 Å². The van der Waals surface area contributed by atoms with Crippen molar-refractivity contribution in [2.45, 2.75) is 13.5 Å². The molecule has 7 nitrogen and oxygen atoms in total. The fraction of sp³-hybridized carbons (Fsp3) is 0.125. The van der Waals surface area contributed by atoms with Gasteiger partial charge in [0.2, 0.25) is 0 Å². The predicted molar refractivity (Wildman–Crippen MR) is 84.2 cm³/mol. The highest BCUT2D eigenvalue weighted by atomic mass is 16.6. The second kappa shape index (κ2) is 5.53. The average Bonchev–Trinajstić information content (AvgIpc) is 2.86. The Balaban J connectivity index is 2.25. The number of nitro groups is 1. The molecular formula is C16H13N3O4. The largest absolute Gasteiger partial charge is 0.480 e. The molecule has 0 amide bonds. The van der Waals surface area contributed by atoms with Crippen LogP contribution in [0.15, 0.2) is 42.5 Å². The number of rotatable bonds is 4. The number of para-hydroxylation sites is 2. The summed E-state index contributed by atoms with van der Waals surface area (Å²) < 4.78 is 1.55. The van der Waals surface area contributed by atoms with Crippen LogP contribution in [0.1, 0.15) is 5.56 Å². The Hall–Kier alpha value is -3.22. The summed E-state index contributed by atoms with van der Waals surface area (Å²) in [4.78, 5) is 26.3. The molecule has 1 N–H and O–H groups in total. The maximum absolute atomic E-state index is 11.2. The third-order valence-corrected chi connectivity index (χ3v) is 3.61. The molecule has 3 rings (SSSR count). The van der Waals surface area contributed by atoms with Gasteiger partial charge in [-0.15, -0.1) is 0 Å². The fourth-order valence-corrected chi connectivity index (χ4v) is 2.54. The summed E-state index contributed by atoms with van der Waals surface area (Å²) in [6.07, 6.45) is 0. The Morgan fingerprint density at radius 2 is 2.04 bits per heavy atom. The molecule has 0 unspecified atom stereocenters. The van der Waals surface area contributed by atoms with Gasteiger partial charge >= 0.3 is 5.97 Å². The maximum Gasteiger partial charge on any atom is 0.323 e. The van der Waals surface area contributed by atoms with Gasteiger partial charge in [0.15, 0.2) is 0 Å². The number of hydrogen-bond acceptors (Lipinski definition) is 4. The maximum atomic E-state index is 11.2. The van der Waals surface area contributed by atoms with Gasteiger partial charge < -0.3 is 9.67 Å². The smallest absolute Gasteiger partial charge is 0.323 e. The molecule has 0 aliphatic heterocycles. The zero-order valence-corrected chi connectivity index (χ0v) is 12.3. The molecule has 3 aromatic rings. The lowest BCUT2D eigenvalue weighted by Gasteiger charge is -2.07. The van der Waals surface area contributed by atoms with Crippen LogP contribution in [0, 0.1) is 17.0 Å². The Labute approximate surface area is 131 Å². The first-order chi connectivity index (χ1) is 11.0. The minimum absolute atomic E-state index is 0.0172. The second-order valence-electron chi connectivity index (χ2n) is 5.16. The molecule has 1 heterocycles. The van der Waals surface area contributed by atoms with E-state index in [1.54, 1.807) is 41.8 Å². The van der Waals surface area contributed by atoms with Crippen LogP contribution in [0.2, 0.25) is 0 Å². The first kappa shape index (κ1) is 14.7. The summed E-state index contributed by atoms with van der Waals surface area (Å²) >= 11 is 0. The Kier molecular flexibility index (Phi) is 3.53. The van der Waals surface area contributed by atoms with E-state index in [9.17, 15) is 14.9 Å². The molecule has 23 heavy (non-hydrogen) atoms. The fourth-order valence-electron chi connectivity index (χ4n) is 2.54. The summed E-state index contributed by atoms with van der Waals surface area (Å²) in [5.74, 6) is -0.604. The Bertz CT molecular complexity index is 930. The predicted octanol–water partition coefficient (Wildman–Crippen LogP) is 3.00. The van der Waals surface area contributed by atoms with Gasteiger partial charge in [0.1, 0.15) is 12.4 Å². The number of aliphatic carboxylic acids is 1. The summed E-state index contributed by atoms with van der Waals surface area (Å²) in [5.41, 5.74) is 2.36. The number of carboxylic acids is 1. The van der Waals surface area contributed by atoms with Crippen molar-refractivity contribution in [2.24, 2.45) is 0 Å². The van der Waals surface area contributed by atoms with Gasteiger partial charge in [-0.1, -0.05) is 24.3 Å². The van der Waals surface area contributed by atoms with Gasteiger partial charge in [0, 0.05) is 17.2 Å². The van der Waals surface area contributed by atoms with Crippen LogP contribution in [0.4, 0.5) is 5.69 Å². The normalized spacial score (nSPS) is 10.8. The molecule has 116 valence electrons. The van der Waals surface area contributed by atoms with Crippen LogP contribution in [0.25, 0.3) is 22.4 Å². The van der Waals surface area contributed by atoms with Crippen LogP contribution < -0.4 is 0 Å². The topological polar surface area (TPSA) is 98.3 Å². The number of nitrogens with zero attached hydrogens (tertiary/aromatic N) is 3. The van der Waals surface area contributed by atoms with Crippen LogP contribution in [0.3, 0.4) is 0 Å². The Morgan fingerprint density at radius 1 is 1.30 bits per heavy atom. The standard InChI is InChI=1S/C16H13N3O4/c1-10-6-7-11(8-14(10)19(22)23)16-17-12-4-2-3-5-13(12)18(16)9-15(20)21/h2-8H,9H2,1H3,(H,20,21). The van der Waals surface area contributed by atoms with E-state index in [1.165, 1.54) is 6.07 Å². The third kappa shape index (κ3) is 2.64. The van der Waals surface area contributed by atoms with Crippen LogP contribution in [-0.4, -0.2) is 25.6 Å². The highest BCUT2D eigenvalue weighted by Crippen LogP contribution is 2.29. The van der Waals surface area contributed by atoms with E-state index in [0.29, 0.717) is 28.0 Å². The molecule has 0 atom stereocenters. The van der Waals surface area contributed by atoms with Crippen LogP contribution in [0.5, 0.6) is 0 Å². The molecule has 7 heteroatoms. The van der Waals surface area contributed by atoms with E-state index < -0.39 is 10.9 Å². The van der Waals surface area contributed by atoms with E-state index in [-0.39, 0.29) is 12.2 Å². The van der Waals surface area contributed by atoms with Crippen molar-refractivity contribution < 1.29 is 14.8 Å². The molecule has 0 radical (unpaired) electrons. The number of nitro benzene ring substituents is 1. The minimum atomic E-state index is -1.00. The summed E-state index contributed by atoms with van der Waals surface area (Å²) in [6.45, 7) is 1.39. The lowest BCUT2D eigenvalue weighted by molar-refractivity contribution is -0.385. The molecular weight excluding hydrogens is 298 g/mol. The SMILES string of the molecule is Cc1ccc(-c2nc3ccccc3n2CC(=O)O)cc1[N+](=O)[O-]. The molecule has 1 aromatic heterocycles. The summed E-state index contributed by atoms with van der Waals surface area (Å²) in [5, 5.41) is 20.3. The molecule has 0 bridgehead atoms. The zero-order valence-electron chi connectivity index (χ0n) is 12.3. The first-order valence-corrected chi connectivity index (χ1v) is 6.90. The van der Waals surface area contributed by atoms with Gasteiger partial charge in [-0.05, 0) is 19.1 Å². The molecule has 0 spiro atoms. The van der Waals surface area contributed by atoms with E-state index >= 15 is 0 Å². The number of aryl methyl sites for hydroxylation is 1. The lowest BCUT2D eigenvalue weighted by Crippen LogP contribution is -2.10. The van der Waals surface area contributed by atoms with Gasteiger partial charge in [-0.3, -0.25) is 14.9 Å². The van der Waals surface area contributed by atoms with Crippen LogP contribution in [-0.2, 0) is 11.3 Å². The second-order valence-corrected chi connectivity index (χ2v) is 5.16. The molecule has 0 aliphatic rings. The summed E-state index contributed by atoms with van der Waals surface area (Å²) in [7, 11) is 0. The molecule has 0 saturated carbocycles. The van der Waals surface area contributed by atoms with E-state index in [2.05, 4.69) is 4.98 Å². The zero-order chi connectivity index (χ0) is 16.6. The van der Waals surface area contributed by atoms with Gasteiger partial charge in [0.25, 0.3) is 5.69 Å². The molecule has 0 saturated heterocycles. The van der Waals surface area contributed by atoms with Crippen LogP contribution >= 0.6 is 0 Å². The molecule has 0 fully saturated rings. The average molecular weight is 311 g/mol. The number of carbonyl (C=O) groups is 1. The van der Waals surface area contributed by atoms with E-state index in [0.717, 1.165) is 0 Å². The van der Waals surface area contributed by atoms with Crippen molar-refractivity contribution in [1.82, 2.24) is 9.55 Å². The highest BCUT2D eigenvalue weighted by Gasteiger charge is 2.18. The van der Waals surface area contributed by atoms with Gasteiger partial charge in [-0.2, -0.15) is 0 Å². The highest BCUT2D eigenvalue weighted by molar-refractivity contribution is 5.83. The summed E-state index contributed by atoms with van der Waals surface area (Å²) in [6, 6.07) is 11.9. The van der Waals surface area contributed by atoms with Gasteiger partial charge in [0.05, 0.1) is 16.0 Å².